The van der Waals surface area contributed by atoms with Crippen molar-refractivity contribution in [2.24, 2.45) is 0 Å². The standard InChI is InChI=1S/C30H24O6/c1-13(31)34-10-19-4-16-8-23-21(12-36-15(3)33)6-18-9-24-20(11-35-14(2)32)5-17-7-22(19)28-25(16)29(23)27(18)30(24)26(17)28/h4-6H,7-12H2,1-3H3. The van der Waals surface area contributed by atoms with Crippen molar-refractivity contribution in [3.05, 3.63) is 68.3 Å². The van der Waals surface area contributed by atoms with Gasteiger partial charge in [0.15, 0.2) is 0 Å². The maximum atomic E-state index is 11.6. The summed E-state index contributed by atoms with van der Waals surface area (Å²) in [7, 11) is 0. The molecule has 0 spiro atoms. The number of esters is 3. The Hall–Kier alpha value is -3.93. The highest BCUT2D eigenvalue weighted by Gasteiger charge is 2.35. The largest absolute Gasteiger partial charge is 0.461 e. The second kappa shape index (κ2) is 7.29. The molecular formula is C30H24O6. The number of hydrogen-bond acceptors (Lipinski definition) is 6. The van der Waals surface area contributed by atoms with Crippen LogP contribution in [0.15, 0.2) is 18.2 Å². The molecule has 0 fully saturated rings. The number of carbonyl (C=O) groups excluding carboxylic acids is 3. The highest BCUT2D eigenvalue weighted by Crippen LogP contribution is 2.55. The average Bonchev–Trinajstić information content (AvgIpc) is 3.49. The number of carbonyl (C=O) groups is 3. The van der Waals surface area contributed by atoms with Gasteiger partial charge in [0.2, 0.25) is 0 Å². The van der Waals surface area contributed by atoms with Crippen LogP contribution in [-0.2, 0) is 67.7 Å². The van der Waals surface area contributed by atoms with Crippen molar-refractivity contribution in [2.45, 2.75) is 59.9 Å². The monoisotopic (exact) mass is 480 g/mol. The van der Waals surface area contributed by atoms with Crippen molar-refractivity contribution in [3.8, 4) is 0 Å². The summed E-state index contributed by atoms with van der Waals surface area (Å²) in [6, 6.07) is 6.60. The van der Waals surface area contributed by atoms with Gasteiger partial charge >= 0.3 is 17.9 Å². The summed E-state index contributed by atoms with van der Waals surface area (Å²) in [5.74, 6) is -0.888. The van der Waals surface area contributed by atoms with Gasteiger partial charge in [-0.15, -0.1) is 0 Å². The molecule has 0 radical (unpaired) electrons. The third-order valence-corrected chi connectivity index (χ3v) is 7.97. The Balaban J connectivity index is 1.56. The third kappa shape index (κ3) is 2.81. The van der Waals surface area contributed by atoms with Gasteiger partial charge in [-0.25, -0.2) is 0 Å². The van der Waals surface area contributed by atoms with Crippen LogP contribution >= 0.6 is 0 Å². The van der Waals surface area contributed by atoms with Gasteiger partial charge in [-0.05, 0) is 102 Å². The van der Waals surface area contributed by atoms with E-state index in [4.69, 9.17) is 14.2 Å². The van der Waals surface area contributed by atoms with Crippen LogP contribution in [0, 0.1) is 0 Å². The van der Waals surface area contributed by atoms with Crippen molar-refractivity contribution in [3.63, 3.8) is 0 Å². The minimum absolute atomic E-state index is 0.246. The molecule has 0 heterocycles. The van der Waals surface area contributed by atoms with E-state index in [1.165, 1.54) is 86.5 Å². The highest BCUT2D eigenvalue weighted by atomic mass is 16.5. The molecule has 0 N–H and O–H groups in total. The molecule has 7 rings (SSSR count). The van der Waals surface area contributed by atoms with Crippen molar-refractivity contribution in [1.82, 2.24) is 0 Å². The van der Waals surface area contributed by atoms with E-state index < -0.39 is 0 Å². The van der Waals surface area contributed by atoms with Gasteiger partial charge in [-0.1, -0.05) is 18.2 Å². The van der Waals surface area contributed by atoms with E-state index in [1.807, 2.05) is 0 Å². The summed E-state index contributed by atoms with van der Waals surface area (Å²) in [5.41, 5.74) is 10.5. The Labute approximate surface area is 207 Å². The lowest BCUT2D eigenvalue weighted by molar-refractivity contribution is -0.143. The van der Waals surface area contributed by atoms with Crippen LogP contribution in [0.3, 0.4) is 0 Å². The minimum atomic E-state index is -0.296. The van der Waals surface area contributed by atoms with Gasteiger partial charge in [0.05, 0.1) is 0 Å². The topological polar surface area (TPSA) is 78.9 Å². The van der Waals surface area contributed by atoms with E-state index in [-0.39, 0.29) is 37.7 Å². The summed E-state index contributed by atoms with van der Waals surface area (Å²) < 4.78 is 16.4. The molecule has 0 saturated heterocycles. The first-order chi connectivity index (χ1) is 17.3. The fourth-order valence-electron chi connectivity index (χ4n) is 6.73. The molecule has 0 bridgehead atoms. The highest BCUT2D eigenvalue weighted by molar-refractivity contribution is 6.33. The van der Waals surface area contributed by atoms with Gasteiger partial charge in [-0.2, -0.15) is 0 Å². The smallest absolute Gasteiger partial charge is 0.302 e. The Morgan fingerprint density at radius 1 is 0.528 bits per heavy atom. The molecule has 3 aliphatic rings. The van der Waals surface area contributed by atoms with Crippen molar-refractivity contribution >= 4 is 50.2 Å². The lowest BCUT2D eigenvalue weighted by atomic mass is 9.91. The molecule has 0 unspecified atom stereocenters. The van der Waals surface area contributed by atoms with Gasteiger partial charge in [-0.3, -0.25) is 14.4 Å². The Bertz CT molecular complexity index is 1510. The van der Waals surface area contributed by atoms with Gasteiger partial charge in [0, 0.05) is 20.8 Å². The summed E-state index contributed by atoms with van der Waals surface area (Å²) >= 11 is 0. The number of rotatable bonds is 6. The number of ether oxygens (including phenoxy) is 3. The average molecular weight is 481 g/mol. The molecule has 0 aliphatic heterocycles. The third-order valence-electron chi connectivity index (χ3n) is 7.97. The Kier molecular flexibility index (Phi) is 4.33. The maximum Gasteiger partial charge on any atom is 0.302 e. The SMILES string of the molecule is CC(=O)OCc1cc2c3c4c1Cc1cc(COC(C)=O)c5c(c14)c1c(cc(COC(C)=O)c(c31)C2)C5. The fourth-order valence-corrected chi connectivity index (χ4v) is 6.73. The second-order valence-electron chi connectivity index (χ2n) is 10.1. The molecule has 180 valence electrons. The lowest BCUT2D eigenvalue weighted by Crippen LogP contribution is -2.03. The molecule has 4 aromatic rings. The molecule has 0 aromatic heterocycles. The lowest BCUT2D eigenvalue weighted by Gasteiger charge is -2.14. The zero-order valence-corrected chi connectivity index (χ0v) is 20.4. The number of hydrogen-bond donors (Lipinski definition) is 0. The van der Waals surface area contributed by atoms with E-state index in [0.717, 1.165) is 36.0 Å². The summed E-state index contributed by atoms with van der Waals surface area (Å²) in [6.45, 7) is 5.04. The van der Waals surface area contributed by atoms with Gasteiger partial charge in [0.25, 0.3) is 0 Å². The quantitative estimate of drug-likeness (QED) is 0.188. The molecule has 0 saturated carbocycles. The first kappa shape index (κ1) is 21.4. The maximum absolute atomic E-state index is 11.6. The zero-order chi connectivity index (χ0) is 24.9. The molecule has 36 heavy (non-hydrogen) atoms. The number of benzene rings is 4. The molecule has 0 amide bonds. The van der Waals surface area contributed by atoms with Crippen LogP contribution in [-0.4, -0.2) is 17.9 Å². The Morgan fingerprint density at radius 2 is 0.806 bits per heavy atom. The minimum Gasteiger partial charge on any atom is -0.461 e. The zero-order valence-electron chi connectivity index (χ0n) is 20.4. The first-order valence-corrected chi connectivity index (χ1v) is 12.3. The van der Waals surface area contributed by atoms with Crippen LogP contribution in [0.1, 0.15) is 70.8 Å². The van der Waals surface area contributed by atoms with E-state index in [2.05, 4.69) is 18.2 Å². The summed E-state index contributed by atoms with van der Waals surface area (Å²) in [6.07, 6.45) is 2.27. The van der Waals surface area contributed by atoms with Gasteiger partial charge < -0.3 is 14.2 Å². The van der Waals surface area contributed by atoms with Crippen LogP contribution in [0.25, 0.3) is 32.3 Å². The van der Waals surface area contributed by atoms with E-state index in [1.54, 1.807) is 0 Å². The Morgan fingerprint density at radius 3 is 1.06 bits per heavy atom. The van der Waals surface area contributed by atoms with E-state index >= 15 is 0 Å². The van der Waals surface area contributed by atoms with Crippen molar-refractivity contribution in [2.75, 3.05) is 0 Å². The van der Waals surface area contributed by atoms with Crippen molar-refractivity contribution < 1.29 is 28.6 Å². The van der Waals surface area contributed by atoms with Crippen LogP contribution in [0.5, 0.6) is 0 Å². The fraction of sp³-hybridized carbons (Fsp3) is 0.300. The van der Waals surface area contributed by atoms with E-state index in [9.17, 15) is 14.4 Å². The van der Waals surface area contributed by atoms with Crippen LogP contribution < -0.4 is 0 Å². The molecule has 3 aliphatic carbocycles. The molecular weight excluding hydrogens is 456 g/mol. The molecule has 0 atom stereocenters. The summed E-state index contributed by atoms with van der Waals surface area (Å²) in [4.78, 5) is 34.9. The summed E-state index contributed by atoms with van der Waals surface area (Å²) in [5, 5.41) is 7.68. The predicted molar refractivity (Wildman–Crippen MR) is 134 cm³/mol. The van der Waals surface area contributed by atoms with Gasteiger partial charge in [0.1, 0.15) is 19.8 Å². The second-order valence-corrected chi connectivity index (χ2v) is 10.1. The van der Waals surface area contributed by atoms with Crippen molar-refractivity contribution in [1.29, 1.82) is 0 Å². The molecule has 6 heteroatoms. The molecule has 6 nitrogen and oxygen atoms in total. The normalized spacial score (nSPS) is 13.8. The predicted octanol–water partition coefficient (Wildman–Crippen LogP) is 5.05. The first-order valence-electron chi connectivity index (χ1n) is 12.3. The van der Waals surface area contributed by atoms with Crippen LogP contribution in [0.4, 0.5) is 0 Å². The molecule has 4 aromatic carbocycles. The van der Waals surface area contributed by atoms with E-state index in [0.29, 0.717) is 0 Å². The van der Waals surface area contributed by atoms with Crippen LogP contribution in [0.2, 0.25) is 0 Å².